The van der Waals surface area contributed by atoms with Crippen molar-refractivity contribution in [1.29, 1.82) is 0 Å². The molecule has 0 aliphatic rings. The minimum Gasteiger partial charge on any atom is -0.240 e. The second-order valence-corrected chi connectivity index (χ2v) is 5.16. The number of hydrogen-bond donors (Lipinski definition) is 0. The van der Waals surface area contributed by atoms with Gasteiger partial charge in [0.25, 0.3) is 0 Å². The molecule has 0 aliphatic carbocycles. The molecule has 1 heterocycles. The Morgan fingerprint density at radius 1 is 1.00 bits per heavy atom. The van der Waals surface area contributed by atoms with Crippen LogP contribution in [0, 0.1) is 6.07 Å². The van der Waals surface area contributed by atoms with Crippen LogP contribution in [0.15, 0.2) is 60.8 Å². The number of benzene rings is 2. The van der Waals surface area contributed by atoms with Crippen LogP contribution in [0.4, 0.5) is 0 Å². The van der Waals surface area contributed by atoms with Crippen molar-refractivity contribution in [1.82, 2.24) is 9.78 Å². The van der Waals surface area contributed by atoms with Crippen LogP contribution in [0.25, 0.3) is 16.9 Å². The van der Waals surface area contributed by atoms with E-state index in [2.05, 4.69) is 50.4 Å². The summed E-state index contributed by atoms with van der Waals surface area (Å²) in [7, 11) is 0. The first-order chi connectivity index (χ1) is 9.75. The molecule has 21 heavy (non-hydrogen) atoms. The Hall–Kier alpha value is -1.25. The summed E-state index contributed by atoms with van der Waals surface area (Å²) in [6.45, 7) is 4.40. The number of rotatable bonds is 3. The van der Waals surface area contributed by atoms with Gasteiger partial charge >= 0.3 is 0 Å². The number of para-hydroxylation sites is 1. The first kappa shape index (κ1) is 16.1. The summed E-state index contributed by atoms with van der Waals surface area (Å²) in [6, 6.07) is 21.3. The molecule has 2 nitrogen and oxygen atoms in total. The quantitative estimate of drug-likeness (QED) is 0.638. The molecule has 103 valence electrons. The minimum absolute atomic E-state index is 0. The molecule has 3 heteroatoms. The molecule has 0 atom stereocenters. The van der Waals surface area contributed by atoms with Gasteiger partial charge in [0.05, 0.1) is 11.4 Å². The van der Waals surface area contributed by atoms with Gasteiger partial charge in [-0.05, 0) is 23.6 Å². The normalized spacial score (nSPS) is 10.4. The summed E-state index contributed by atoms with van der Waals surface area (Å²) in [5, 5.41) is 4.77. The number of nitrogens with zero attached hydrogens (tertiary/aromatic N) is 2. The number of hydrogen-bond acceptors (Lipinski definition) is 1. The van der Waals surface area contributed by atoms with Crippen LogP contribution in [0.2, 0.25) is 0 Å². The van der Waals surface area contributed by atoms with E-state index in [-0.39, 0.29) is 32.7 Å². The van der Waals surface area contributed by atoms with Crippen LogP contribution >= 0.6 is 0 Å². The molecule has 1 radical (unpaired) electrons. The van der Waals surface area contributed by atoms with Crippen molar-refractivity contribution >= 4 is 0 Å². The Kier molecular flexibility index (Phi) is 5.49. The van der Waals surface area contributed by atoms with Crippen molar-refractivity contribution in [2.24, 2.45) is 0 Å². The third-order valence-corrected chi connectivity index (χ3v) is 3.38. The van der Waals surface area contributed by atoms with E-state index in [0.29, 0.717) is 5.92 Å². The Morgan fingerprint density at radius 2 is 1.67 bits per heavy atom. The Labute approximate surface area is 151 Å². The summed E-state index contributed by atoms with van der Waals surface area (Å²) in [5.41, 5.74) is 4.54. The molecule has 0 bridgehead atoms. The molecule has 0 saturated carbocycles. The van der Waals surface area contributed by atoms with E-state index in [1.165, 1.54) is 5.56 Å². The smallest absolute Gasteiger partial charge is 0.0721 e. The predicted octanol–water partition coefficient (Wildman–Crippen LogP) is 4.46. The van der Waals surface area contributed by atoms with Crippen molar-refractivity contribution < 1.29 is 32.7 Å². The van der Waals surface area contributed by atoms with E-state index in [4.69, 9.17) is 5.10 Å². The zero-order valence-electron chi connectivity index (χ0n) is 12.3. The molecule has 2 aromatic carbocycles. The second kappa shape index (κ2) is 7.15. The molecule has 0 N–H and O–H groups in total. The van der Waals surface area contributed by atoms with Gasteiger partial charge < -0.3 is 0 Å². The van der Waals surface area contributed by atoms with Crippen molar-refractivity contribution in [3.63, 3.8) is 0 Å². The van der Waals surface area contributed by atoms with Gasteiger partial charge in [0.1, 0.15) is 0 Å². The molecule has 1 aromatic heterocycles. The van der Waals surface area contributed by atoms with E-state index in [1.54, 1.807) is 0 Å². The van der Waals surface area contributed by atoms with Crippen molar-refractivity contribution in [2.45, 2.75) is 19.8 Å². The van der Waals surface area contributed by atoms with Crippen LogP contribution in [0.3, 0.4) is 0 Å². The van der Waals surface area contributed by atoms with Gasteiger partial charge in [-0.15, -0.1) is 5.56 Å². The Bertz CT molecular complexity index is 688. The van der Waals surface area contributed by atoms with Crippen LogP contribution in [0.1, 0.15) is 25.3 Å². The van der Waals surface area contributed by atoms with Gasteiger partial charge in [-0.3, -0.25) is 0 Å². The average molecular weight is 350 g/mol. The van der Waals surface area contributed by atoms with Gasteiger partial charge in [-0.2, -0.15) is 35.4 Å². The fraction of sp³-hybridized carbons (Fsp3) is 0.167. The summed E-state index contributed by atoms with van der Waals surface area (Å²) in [5.74, 6) is 0.437. The topological polar surface area (TPSA) is 17.8 Å². The van der Waals surface area contributed by atoms with Crippen molar-refractivity contribution in [2.75, 3.05) is 0 Å². The van der Waals surface area contributed by atoms with Crippen molar-refractivity contribution in [3.8, 4) is 16.9 Å². The van der Waals surface area contributed by atoms with Gasteiger partial charge in [0, 0.05) is 38.9 Å². The summed E-state index contributed by atoms with van der Waals surface area (Å²) >= 11 is 0. The fourth-order valence-electron chi connectivity index (χ4n) is 2.29. The maximum atomic E-state index is 4.77. The molecule has 0 aliphatic heterocycles. The Morgan fingerprint density at radius 3 is 2.29 bits per heavy atom. The minimum atomic E-state index is 0. The first-order valence-electron chi connectivity index (χ1n) is 6.87. The molecule has 0 saturated heterocycles. The maximum Gasteiger partial charge on any atom is 0.0721 e. The van der Waals surface area contributed by atoms with Crippen LogP contribution in [-0.2, 0) is 32.7 Å². The largest absolute Gasteiger partial charge is 0.240 e. The SMILES string of the molecule is CC(C)c1cn(-c2ccccc2)nc1-c1cc[c-]cc1.[Y]. The zero-order chi connectivity index (χ0) is 13.9. The first-order valence-corrected chi connectivity index (χ1v) is 6.87. The van der Waals surface area contributed by atoms with E-state index < -0.39 is 0 Å². The molecule has 0 unspecified atom stereocenters. The summed E-state index contributed by atoms with van der Waals surface area (Å²) in [6.07, 6.45) is 2.13. The van der Waals surface area contributed by atoms with E-state index in [0.717, 1.165) is 16.9 Å². The van der Waals surface area contributed by atoms with E-state index in [1.807, 2.05) is 35.0 Å². The fourth-order valence-corrected chi connectivity index (χ4v) is 2.29. The summed E-state index contributed by atoms with van der Waals surface area (Å²) in [4.78, 5) is 0. The molecule has 3 aromatic rings. The standard InChI is InChI=1S/C18H17N2.Y/c1-14(2)17-13-20(16-11-7-4-8-12-16)19-18(17)15-9-5-3-6-10-15;/h4-14H,1-2H3;/q-1;. The van der Waals surface area contributed by atoms with Gasteiger partial charge in [-0.1, -0.05) is 32.0 Å². The van der Waals surface area contributed by atoms with Crippen LogP contribution in [-0.4, -0.2) is 9.78 Å². The second-order valence-electron chi connectivity index (χ2n) is 5.16. The average Bonchev–Trinajstić information content (AvgIpc) is 2.94. The van der Waals surface area contributed by atoms with Crippen LogP contribution < -0.4 is 0 Å². The zero-order valence-corrected chi connectivity index (χ0v) is 15.2. The molecule has 0 amide bonds. The molecular weight excluding hydrogens is 333 g/mol. The molecule has 3 rings (SSSR count). The van der Waals surface area contributed by atoms with E-state index >= 15 is 0 Å². The van der Waals surface area contributed by atoms with Gasteiger partial charge in [0.15, 0.2) is 0 Å². The molecular formula is C18H17N2Y-. The van der Waals surface area contributed by atoms with E-state index in [9.17, 15) is 0 Å². The van der Waals surface area contributed by atoms with Gasteiger partial charge in [0.2, 0.25) is 0 Å². The molecule has 0 fully saturated rings. The third kappa shape index (κ3) is 3.51. The third-order valence-electron chi connectivity index (χ3n) is 3.38. The molecule has 0 spiro atoms. The maximum absolute atomic E-state index is 4.77. The Balaban J connectivity index is 0.00000161. The monoisotopic (exact) mass is 350 g/mol. The van der Waals surface area contributed by atoms with Crippen LogP contribution in [0.5, 0.6) is 0 Å². The number of aromatic nitrogens is 2. The predicted molar refractivity (Wildman–Crippen MR) is 81.9 cm³/mol. The van der Waals surface area contributed by atoms with Crippen molar-refractivity contribution in [3.05, 3.63) is 72.4 Å². The van der Waals surface area contributed by atoms with Gasteiger partial charge in [-0.25, -0.2) is 4.68 Å². The summed E-state index contributed by atoms with van der Waals surface area (Å²) < 4.78 is 1.96.